The number of benzene rings is 2. The first kappa shape index (κ1) is 23.1. The number of rotatable bonds is 7. The smallest absolute Gasteiger partial charge is 0.297 e. The lowest BCUT2D eigenvalue weighted by atomic mass is 9.98. The first-order valence-electron chi connectivity index (χ1n) is 10.3. The molecule has 172 valence electrons. The highest BCUT2D eigenvalue weighted by Crippen LogP contribution is 2.36. The van der Waals surface area contributed by atoms with E-state index in [2.05, 4.69) is 6.58 Å². The molecule has 32 heavy (non-hydrogen) atoms. The minimum atomic E-state index is -4.20. The summed E-state index contributed by atoms with van der Waals surface area (Å²) in [6.07, 6.45) is -4.70. The van der Waals surface area contributed by atoms with Crippen LogP contribution in [0.5, 0.6) is 0 Å². The second-order valence-corrected chi connectivity index (χ2v) is 9.23. The van der Waals surface area contributed by atoms with Gasteiger partial charge in [0.25, 0.3) is 10.1 Å². The van der Waals surface area contributed by atoms with Crippen molar-refractivity contribution in [2.75, 3.05) is 13.2 Å². The molecule has 0 bridgehead atoms. The molecule has 6 atom stereocenters. The molecule has 0 amide bonds. The molecule has 1 N–H and O–H groups in total. The van der Waals surface area contributed by atoms with E-state index in [1.165, 1.54) is 18.2 Å². The molecule has 2 fully saturated rings. The Kier molecular flexibility index (Phi) is 7.06. The fourth-order valence-corrected chi connectivity index (χ4v) is 4.76. The molecule has 8 nitrogen and oxygen atoms in total. The first-order chi connectivity index (χ1) is 15.4. The number of fused-ring (bicyclic) bond motifs is 1. The van der Waals surface area contributed by atoms with Gasteiger partial charge in [-0.15, -0.1) is 6.58 Å². The van der Waals surface area contributed by atoms with Gasteiger partial charge in [0.05, 0.1) is 18.1 Å². The largest absolute Gasteiger partial charge is 0.385 e. The monoisotopic (exact) mass is 462 g/mol. The van der Waals surface area contributed by atoms with E-state index in [1.54, 1.807) is 12.1 Å². The zero-order valence-electron chi connectivity index (χ0n) is 17.6. The molecule has 4 rings (SSSR count). The number of aliphatic hydroxyl groups is 1. The Hall–Kier alpha value is -2.11. The first-order valence-corrected chi connectivity index (χ1v) is 11.7. The Bertz CT molecular complexity index is 1010. The lowest BCUT2D eigenvalue weighted by molar-refractivity contribution is -0.356. The average Bonchev–Trinajstić information content (AvgIpc) is 2.80. The van der Waals surface area contributed by atoms with Crippen molar-refractivity contribution >= 4 is 10.1 Å². The molecule has 0 aliphatic carbocycles. The van der Waals surface area contributed by atoms with Gasteiger partial charge < -0.3 is 24.1 Å². The number of aliphatic hydroxyl groups excluding tert-OH is 1. The van der Waals surface area contributed by atoms with Gasteiger partial charge in [-0.1, -0.05) is 54.1 Å². The maximum absolute atomic E-state index is 13.0. The number of hydrogen-bond donors (Lipinski definition) is 1. The molecule has 9 heteroatoms. The van der Waals surface area contributed by atoms with Crippen LogP contribution in [0.25, 0.3) is 0 Å². The summed E-state index contributed by atoms with van der Waals surface area (Å²) < 4.78 is 54.6. The van der Waals surface area contributed by atoms with Crippen LogP contribution in [-0.4, -0.2) is 57.4 Å². The van der Waals surface area contributed by atoms with Crippen molar-refractivity contribution in [2.24, 2.45) is 0 Å². The van der Waals surface area contributed by atoms with Crippen molar-refractivity contribution in [1.29, 1.82) is 0 Å². The third-order valence-electron chi connectivity index (χ3n) is 5.30. The summed E-state index contributed by atoms with van der Waals surface area (Å²) in [6.45, 7) is 5.64. The van der Waals surface area contributed by atoms with E-state index >= 15 is 0 Å². The molecule has 2 saturated heterocycles. The van der Waals surface area contributed by atoms with Crippen LogP contribution in [0, 0.1) is 6.92 Å². The number of ether oxygens (including phenoxy) is 4. The molecule has 0 radical (unpaired) electrons. The van der Waals surface area contributed by atoms with Crippen molar-refractivity contribution in [3.05, 3.63) is 78.4 Å². The van der Waals surface area contributed by atoms with E-state index in [0.29, 0.717) is 0 Å². The van der Waals surface area contributed by atoms with E-state index in [-0.39, 0.29) is 18.1 Å². The van der Waals surface area contributed by atoms with Crippen LogP contribution in [0.2, 0.25) is 0 Å². The third-order valence-corrected chi connectivity index (χ3v) is 6.63. The Morgan fingerprint density at radius 3 is 2.53 bits per heavy atom. The summed E-state index contributed by atoms with van der Waals surface area (Å²) in [5.74, 6) is 0. The SMILES string of the molecule is C=CCO[C@@H]1O[C@@H]2COC(c3ccccc3)O[C@@H]2[C@H](OS(=O)(=O)c2ccc(C)cc2)[C@H]1O. The topological polar surface area (TPSA) is 101 Å². The third kappa shape index (κ3) is 4.94. The molecule has 1 unspecified atom stereocenters. The summed E-state index contributed by atoms with van der Waals surface area (Å²) in [5, 5.41) is 10.9. The summed E-state index contributed by atoms with van der Waals surface area (Å²) in [4.78, 5) is -0.0198. The summed E-state index contributed by atoms with van der Waals surface area (Å²) >= 11 is 0. The highest BCUT2D eigenvalue weighted by atomic mass is 32.2. The fourth-order valence-electron chi connectivity index (χ4n) is 3.66. The minimum absolute atomic E-state index is 0.0198. The number of aryl methyl sites for hydroxylation is 1. The molecule has 2 aliphatic heterocycles. The highest BCUT2D eigenvalue weighted by Gasteiger charge is 2.52. The quantitative estimate of drug-likeness (QED) is 0.495. The Labute approximate surface area is 187 Å². The van der Waals surface area contributed by atoms with Gasteiger partial charge in [0.1, 0.15) is 24.4 Å². The Balaban J connectivity index is 1.61. The summed E-state index contributed by atoms with van der Waals surface area (Å²) in [5.41, 5.74) is 1.66. The van der Waals surface area contributed by atoms with Gasteiger partial charge in [0.15, 0.2) is 12.6 Å². The van der Waals surface area contributed by atoms with Crippen molar-refractivity contribution in [3.8, 4) is 0 Å². The van der Waals surface area contributed by atoms with Crippen molar-refractivity contribution in [1.82, 2.24) is 0 Å². The van der Waals surface area contributed by atoms with Crippen LogP contribution in [0.15, 0.2) is 72.1 Å². The van der Waals surface area contributed by atoms with Gasteiger partial charge in [-0.3, -0.25) is 4.18 Å². The maximum Gasteiger partial charge on any atom is 0.297 e. The summed E-state index contributed by atoms with van der Waals surface area (Å²) in [7, 11) is -4.20. The standard InChI is InChI=1S/C23H26O8S/c1-3-13-27-23-19(24)21(31-32(25,26)17-11-9-15(2)10-12-17)20-18(29-23)14-28-22(30-20)16-7-5-4-6-8-16/h3-12,18-24H,1,13-14H2,2H3/t18-,19-,20+,21-,22?,23-/m1/s1. The molecule has 2 heterocycles. The van der Waals surface area contributed by atoms with Gasteiger partial charge in [-0.25, -0.2) is 0 Å². The average molecular weight is 463 g/mol. The molecule has 2 aromatic rings. The maximum atomic E-state index is 13.0. The Morgan fingerprint density at radius 1 is 1.12 bits per heavy atom. The molecule has 2 aromatic carbocycles. The van der Waals surface area contributed by atoms with Crippen LogP contribution >= 0.6 is 0 Å². The normalized spacial score (nSPS) is 30.4. The van der Waals surface area contributed by atoms with E-state index < -0.39 is 47.1 Å². The van der Waals surface area contributed by atoms with Crippen molar-refractivity contribution in [2.45, 2.75) is 48.8 Å². The second-order valence-electron chi connectivity index (χ2n) is 7.66. The van der Waals surface area contributed by atoms with Crippen molar-refractivity contribution < 1.29 is 36.7 Å². The van der Waals surface area contributed by atoms with Crippen LogP contribution in [0.3, 0.4) is 0 Å². The lowest BCUT2D eigenvalue weighted by Gasteiger charge is -2.47. The van der Waals surface area contributed by atoms with Gasteiger partial charge >= 0.3 is 0 Å². The molecule has 0 saturated carbocycles. The van der Waals surface area contributed by atoms with E-state index in [1.807, 2.05) is 37.3 Å². The van der Waals surface area contributed by atoms with Gasteiger partial charge in [-0.2, -0.15) is 8.42 Å². The predicted molar refractivity (Wildman–Crippen MR) is 114 cm³/mol. The zero-order valence-corrected chi connectivity index (χ0v) is 18.4. The molecular weight excluding hydrogens is 436 g/mol. The van der Waals surface area contributed by atoms with E-state index in [9.17, 15) is 13.5 Å². The van der Waals surface area contributed by atoms with E-state index in [0.717, 1.165) is 11.1 Å². The molecule has 0 spiro atoms. The van der Waals surface area contributed by atoms with Crippen LogP contribution < -0.4 is 0 Å². The predicted octanol–water partition coefficient (Wildman–Crippen LogP) is 2.47. The van der Waals surface area contributed by atoms with Gasteiger partial charge in [0.2, 0.25) is 0 Å². The van der Waals surface area contributed by atoms with Crippen molar-refractivity contribution in [3.63, 3.8) is 0 Å². The summed E-state index contributed by atoms with van der Waals surface area (Å²) in [6, 6.07) is 15.5. The molecule has 2 aliphatic rings. The van der Waals surface area contributed by atoms with Gasteiger partial charge in [-0.05, 0) is 19.1 Å². The van der Waals surface area contributed by atoms with Crippen LogP contribution in [0.4, 0.5) is 0 Å². The lowest BCUT2D eigenvalue weighted by Crippen LogP contribution is -2.63. The van der Waals surface area contributed by atoms with Gasteiger partial charge in [0, 0.05) is 5.56 Å². The minimum Gasteiger partial charge on any atom is -0.385 e. The zero-order chi connectivity index (χ0) is 22.7. The second kappa shape index (κ2) is 9.80. The number of hydrogen-bond acceptors (Lipinski definition) is 8. The molecular formula is C23H26O8S. The molecule has 0 aromatic heterocycles. The fraction of sp³-hybridized carbons (Fsp3) is 0.391. The van der Waals surface area contributed by atoms with E-state index in [4.69, 9.17) is 23.1 Å². The highest BCUT2D eigenvalue weighted by molar-refractivity contribution is 7.86. The Morgan fingerprint density at radius 2 is 1.84 bits per heavy atom. The van der Waals surface area contributed by atoms with Crippen LogP contribution in [-0.2, 0) is 33.2 Å². The van der Waals surface area contributed by atoms with Crippen LogP contribution in [0.1, 0.15) is 17.4 Å².